The van der Waals surface area contributed by atoms with Gasteiger partial charge in [-0.15, -0.1) is 0 Å². The van der Waals surface area contributed by atoms with E-state index in [9.17, 15) is 9.59 Å². The van der Waals surface area contributed by atoms with Crippen molar-refractivity contribution in [2.75, 3.05) is 5.32 Å². The summed E-state index contributed by atoms with van der Waals surface area (Å²) in [5, 5.41) is 7.83. The summed E-state index contributed by atoms with van der Waals surface area (Å²) in [6.45, 7) is 9.06. The third kappa shape index (κ3) is 3.86. The molecule has 160 valence electrons. The molecule has 0 radical (unpaired) electrons. The smallest absolute Gasteiger partial charge is 0.283 e. The van der Waals surface area contributed by atoms with E-state index < -0.39 is 0 Å². The zero-order chi connectivity index (χ0) is 21.6. The maximum atomic E-state index is 12.8. The maximum Gasteiger partial charge on any atom is 0.283 e. The highest BCUT2D eigenvalue weighted by Gasteiger charge is 2.56. The Morgan fingerprint density at radius 3 is 2.60 bits per heavy atom. The lowest BCUT2D eigenvalue weighted by atomic mass is 9.45. The van der Waals surface area contributed by atoms with E-state index in [-0.39, 0.29) is 17.9 Å². The van der Waals surface area contributed by atoms with Gasteiger partial charge in [0.2, 0.25) is 0 Å². The van der Waals surface area contributed by atoms with Crippen LogP contribution in [0.1, 0.15) is 44.7 Å². The van der Waals surface area contributed by atoms with E-state index in [0.717, 1.165) is 35.1 Å². The Morgan fingerprint density at radius 2 is 1.97 bits per heavy atom. The lowest BCUT2D eigenvalue weighted by Gasteiger charge is -2.62. The summed E-state index contributed by atoms with van der Waals surface area (Å²) in [5.74, 6) is 1.97. The van der Waals surface area contributed by atoms with E-state index in [4.69, 9.17) is 0 Å². The molecule has 0 spiro atoms. The van der Waals surface area contributed by atoms with Gasteiger partial charge in [-0.25, -0.2) is 4.68 Å². The third-order valence-corrected chi connectivity index (χ3v) is 8.29. The monoisotopic (exact) mass is 471 g/mol. The summed E-state index contributed by atoms with van der Waals surface area (Å²) in [5.41, 5.74) is 2.98. The van der Waals surface area contributed by atoms with E-state index >= 15 is 0 Å². The van der Waals surface area contributed by atoms with Crippen molar-refractivity contribution in [3.05, 3.63) is 56.4 Å². The number of nitrogens with zero attached hydrogens (tertiary/aromatic N) is 2. The number of hydrogen-bond acceptors (Lipinski definition) is 4. The molecule has 1 aromatic carbocycles. The predicted octanol–water partition coefficient (Wildman–Crippen LogP) is 4.61. The number of rotatable bonds is 6. The molecule has 1 N–H and O–H groups in total. The number of halogens is 1. The van der Waals surface area contributed by atoms with Crippen LogP contribution in [0.15, 0.2) is 39.7 Å². The first-order chi connectivity index (χ1) is 14.2. The highest BCUT2D eigenvalue weighted by molar-refractivity contribution is 9.10. The second-order valence-corrected chi connectivity index (χ2v) is 10.5. The Bertz CT molecular complexity index is 1010. The van der Waals surface area contributed by atoms with Gasteiger partial charge in [0.15, 0.2) is 5.78 Å². The van der Waals surface area contributed by atoms with Crippen LogP contribution in [0, 0.1) is 30.1 Å². The molecule has 5 nitrogen and oxygen atoms in total. The highest BCUT2D eigenvalue weighted by Crippen LogP contribution is 2.61. The standard InChI is InChI=1S/C24H30BrN3O2/c1-14-5-7-16(8-6-14)9-18(29)13-28-23(30)22(25)21(12-26-28)27-20-11-17-10-19(15(20)2)24(17,3)4/h5-8,12,15,17,19-20,27H,9-11,13H2,1-4H3/t15-,17+,19-,20-/m1/s1. The van der Waals surface area contributed by atoms with Crippen molar-refractivity contribution in [1.82, 2.24) is 9.78 Å². The SMILES string of the molecule is Cc1ccc(CC(=O)Cn2ncc(N[C@@H]3C[C@@H]4C[C@H]([C@H]3C)C4(C)C)c(Br)c2=O)cc1. The van der Waals surface area contributed by atoms with Gasteiger partial charge in [0.1, 0.15) is 11.0 Å². The van der Waals surface area contributed by atoms with Gasteiger partial charge in [0, 0.05) is 12.5 Å². The Hall–Kier alpha value is -1.95. The Labute approximate surface area is 186 Å². The third-order valence-electron chi connectivity index (χ3n) is 7.53. The van der Waals surface area contributed by atoms with Gasteiger partial charge in [-0.1, -0.05) is 50.6 Å². The molecule has 30 heavy (non-hydrogen) atoms. The van der Waals surface area contributed by atoms with Crippen molar-refractivity contribution in [1.29, 1.82) is 0 Å². The fourth-order valence-electron chi connectivity index (χ4n) is 5.38. The summed E-state index contributed by atoms with van der Waals surface area (Å²) < 4.78 is 1.70. The minimum Gasteiger partial charge on any atom is -0.380 e. The van der Waals surface area contributed by atoms with Crippen molar-refractivity contribution in [3.8, 4) is 0 Å². The molecule has 0 aliphatic heterocycles. The van der Waals surface area contributed by atoms with Gasteiger partial charge in [0.25, 0.3) is 5.56 Å². The van der Waals surface area contributed by atoms with Gasteiger partial charge in [-0.05, 0) is 64.4 Å². The molecule has 0 unspecified atom stereocenters. The number of aromatic nitrogens is 2. The molecule has 3 aliphatic carbocycles. The van der Waals surface area contributed by atoms with Crippen LogP contribution in [0.4, 0.5) is 5.69 Å². The van der Waals surface area contributed by atoms with Gasteiger partial charge in [-0.3, -0.25) is 9.59 Å². The Morgan fingerprint density at radius 1 is 1.27 bits per heavy atom. The van der Waals surface area contributed by atoms with Crippen LogP contribution in [0.5, 0.6) is 0 Å². The van der Waals surface area contributed by atoms with Crippen LogP contribution in [-0.2, 0) is 17.8 Å². The molecule has 3 saturated carbocycles. The second kappa shape index (κ2) is 7.95. The average molecular weight is 472 g/mol. The number of carbonyl (C=O) groups excluding carboxylic acids is 1. The van der Waals surface area contributed by atoms with E-state index in [1.54, 1.807) is 6.20 Å². The molecular weight excluding hydrogens is 442 g/mol. The lowest BCUT2D eigenvalue weighted by Crippen LogP contribution is -2.58. The van der Waals surface area contributed by atoms with Crippen molar-refractivity contribution < 1.29 is 4.79 Å². The van der Waals surface area contributed by atoms with Gasteiger partial charge in [0.05, 0.1) is 11.9 Å². The van der Waals surface area contributed by atoms with Gasteiger partial charge >= 0.3 is 0 Å². The number of carbonyl (C=O) groups is 1. The van der Waals surface area contributed by atoms with Crippen LogP contribution in [-0.4, -0.2) is 21.6 Å². The summed E-state index contributed by atoms with van der Waals surface area (Å²) in [6, 6.07) is 8.22. The van der Waals surface area contributed by atoms with Crippen molar-refractivity contribution in [3.63, 3.8) is 0 Å². The first kappa shape index (κ1) is 21.3. The number of benzene rings is 1. The summed E-state index contributed by atoms with van der Waals surface area (Å²) in [7, 11) is 0. The number of fused-ring (bicyclic) bond motifs is 2. The Kier molecular flexibility index (Phi) is 5.64. The van der Waals surface area contributed by atoms with Crippen LogP contribution in [0.2, 0.25) is 0 Å². The van der Waals surface area contributed by atoms with E-state index in [1.165, 1.54) is 11.1 Å². The fraction of sp³-hybridized carbons (Fsp3) is 0.542. The van der Waals surface area contributed by atoms with E-state index in [0.29, 0.717) is 28.3 Å². The molecule has 2 aromatic rings. The summed E-state index contributed by atoms with van der Waals surface area (Å²) in [4.78, 5) is 25.2. The van der Waals surface area contributed by atoms with Crippen LogP contribution in [0.25, 0.3) is 0 Å². The van der Waals surface area contributed by atoms with E-state index in [2.05, 4.69) is 47.1 Å². The number of ketones is 1. The van der Waals surface area contributed by atoms with Crippen LogP contribution in [0.3, 0.4) is 0 Å². The number of aryl methyl sites for hydroxylation is 1. The molecule has 3 fully saturated rings. The predicted molar refractivity (Wildman–Crippen MR) is 123 cm³/mol. The maximum absolute atomic E-state index is 12.8. The second-order valence-electron chi connectivity index (χ2n) is 9.74. The van der Waals surface area contributed by atoms with Crippen LogP contribution >= 0.6 is 15.9 Å². The number of anilines is 1. The number of hydrogen-bond donors (Lipinski definition) is 1. The lowest BCUT2D eigenvalue weighted by molar-refractivity contribution is -0.119. The minimum atomic E-state index is -0.272. The van der Waals surface area contributed by atoms with Crippen LogP contribution < -0.4 is 10.9 Å². The normalized spacial score (nSPS) is 26.7. The zero-order valence-corrected chi connectivity index (χ0v) is 19.7. The molecule has 5 rings (SSSR count). The number of nitrogens with one attached hydrogen (secondary N) is 1. The zero-order valence-electron chi connectivity index (χ0n) is 18.1. The van der Waals surface area contributed by atoms with Crippen molar-refractivity contribution in [2.45, 2.75) is 59.5 Å². The molecule has 6 heteroatoms. The van der Waals surface area contributed by atoms with E-state index in [1.807, 2.05) is 31.2 Å². The molecule has 2 bridgehead atoms. The first-order valence-corrected chi connectivity index (χ1v) is 11.6. The minimum absolute atomic E-state index is 0.0240. The van der Waals surface area contributed by atoms with Crippen molar-refractivity contribution >= 4 is 27.4 Å². The molecule has 0 saturated heterocycles. The topological polar surface area (TPSA) is 64.0 Å². The molecule has 1 heterocycles. The van der Waals surface area contributed by atoms with Gasteiger partial charge in [-0.2, -0.15) is 5.10 Å². The fourth-order valence-corrected chi connectivity index (χ4v) is 5.80. The molecule has 0 amide bonds. The quantitative estimate of drug-likeness (QED) is 0.667. The summed E-state index contributed by atoms with van der Waals surface area (Å²) in [6.07, 6.45) is 4.40. The van der Waals surface area contributed by atoms with Crippen molar-refractivity contribution in [2.24, 2.45) is 23.2 Å². The molecular formula is C24H30BrN3O2. The highest BCUT2D eigenvalue weighted by atomic mass is 79.9. The Balaban J connectivity index is 1.43. The summed E-state index contributed by atoms with van der Waals surface area (Å²) >= 11 is 3.44. The largest absolute Gasteiger partial charge is 0.380 e. The average Bonchev–Trinajstić information content (AvgIpc) is 2.70. The number of Topliss-reactive ketones (excluding diaryl/α,β-unsaturated/α-hetero) is 1. The molecule has 1 aromatic heterocycles. The first-order valence-electron chi connectivity index (χ1n) is 10.8. The molecule has 3 aliphatic rings. The van der Waals surface area contributed by atoms with Gasteiger partial charge < -0.3 is 5.32 Å². The molecule has 4 atom stereocenters.